The summed E-state index contributed by atoms with van der Waals surface area (Å²) in [7, 11) is 0. The summed E-state index contributed by atoms with van der Waals surface area (Å²) in [5, 5.41) is 2.95. The lowest BCUT2D eigenvalue weighted by atomic mass is 10.3. The van der Waals surface area contributed by atoms with Crippen molar-refractivity contribution in [2.75, 3.05) is 12.4 Å². The van der Waals surface area contributed by atoms with E-state index in [4.69, 9.17) is 11.6 Å². The number of imide groups is 1. The van der Waals surface area contributed by atoms with Crippen LogP contribution in [0.1, 0.15) is 0 Å². The van der Waals surface area contributed by atoms with Crippen LogP contribution in [-0.4, -0.2) is 36.7 Å². The molecule has 0 aliphatic carbocycles. The van der Waals surface area contributed by atoms with Crippen LogP contribution in [0.2, 0.25) is 0 Å². The molecule has 0 spiro atoms. The third-order valence-electron chi connectivity index (χ3n) is 1.18. The Bertz CT molecular complexity index is 249. The average Bonchev–Trinajstić information content (AvgIpc) is 2.14. The van der Waals surface area contributed by atoms with Gasteiger partial charge >= 0.3 is 18.4 Å². The van der Waals surface area contributed by atoms with Crippen LogP contribution in [0, 0.1) is 0 Å². The number of amides is 3. The van der Waals surface area contributed by atoms with Crippen LogP contribution in [-0.2, 0) is 4.79 Å². The van der Waals surface area contributed by atoms with Gasteiger partial charge in [0.05, 0.1) is 6.54 Å². The molecule has 0 aliphatic heterocycles. The molecule has 0 saturated heterocycles. The zero-order valence-electron chi connectivity index (χ0n) is 7.20. The zero-order chi connectivity index (χ0) is 12.1. The number of hydrogen-bond acceptors (Lipinski definition) is 2. The number of carbonyl (C=O) groups is 2. The van der Waals surface area contributed by atoms with Gasteiger partial charge < -0.3 is 5.32 Å². The maximum Gasteiger partial charge on any atom is 0.324 e. The molecule has 0 aromatic rings. The number of nitrogens with one attached hydrogen (secondary N) is 2. The minimum absolute atomic E-state index is 0.543. The van der Waals surface area contributed by atoms with Crippen molar-refractivity contribution in [3.05, 3.63) is 0 Å². The standard InChI is InChI=1S/C6H7ClF4N2O2/c7-1-3(14)13-5(15)12-2-6(10,11)4(8)9/h4H,1-2H2,(H2,12,13,14,15). The van der Waals surface area contributed by atoms with Gasteiger partial charge in [-0.1, -0.05) is 0 Å². The number of halogens is 5. The summed E-state index contributed by atoms with van der Waals surface area (Å²) >= 11 is 4.98. The predicted octanol–water partition coefficient (Wildman–Crippen LogP) is 0.951. The average molecular weight is 251 g/mol. The molecule has 0 unspecified atom stereocenters. The molecule has 0 aromatic carbocycles. The first-order valence-electron chi connectivity index (χ1n) is 3.59. The molecule has 0 bridgehead atoms. The number of alkyl halides is 5. The number of hydrogen-bond donors (Lipinski definition) is 2. The highest BCUT2D eigenvalue weighted by Gasteiger charge is 2.40. The van der Waals surface area contributed by atoms with Gasteiger partial charge in [0.25, 0.3) is 0 Å². The maximum atomic E-state index is 12.2. The molecule has 15 heavy (non-hydrogen) atoms. The summed E-state index contributed by atoms with van der Waals surface area (Å²) in [5.74, 6) is -5.80. The van der Waals surface area contributed by atoms with Crippen LogP contribution in [0.5, 0.6) is 0 Å². The van der Waals surface area contributed by atoms with E-state index >= 15 is 0 Å². The number of urea groups is 1. The summed E-state index contributed by atoms with van der Waals surface area (Å²) in [5.41, 5.74) is 0. The molecule has 9 heteroatoms. The first kappa shape index (κ1) is 13.9. The van der Waals surface area contributed by atoms with E-state index in [0.717, 1.165) is 0 Å². The smallest absolute Gasteiger partial charge is 0.324 e. The predicted molar refractivity (Wildman–Crippen MR) is 43.2 cm³/mol. The molecule has 0 saturated carbocycles. The molecule has 0 atom stereocenters. The Morgan fingerprint density at radius 1 is 1.33 bits per heavy atom. The highest BCUT2D eigenvalue weighted by molar-refractivity contribution is 6.28. The van der Waals surface area contributed by atoms with Crippen molar-refractivity contribution in [2.45, 2.75) is 12.3 Å². The van der Waals surface area contributed by atoms with Crippen molar-refractivity contribution in [3.63, 3.8) is 0 Å². The lowest BCUT2D eigenvalue weighted by Crippen LogP contribution is -2.47. The minimum atomic E-state index is -4.33. The van der Waals surface area contributed by atoms with Gasteiger partial charge in [-0.25, -0.2) is 13.6 Å². The van der Waals surface area contributed by atoms with Gasteiger partial charge in [0.1, 0.15) is 5.88 Å². The van der Waals surface area contributed by atoms with Crippen molar-refractivity contribution in [3.8, 4) is 0 Å². The fourth-order valence-electron chi connectivity index (χ4n) is 0.480. The van der Waals surface area contributed by atoms with E-state index in [2.05, 4.69) is 0 Å². The Morgan fingerprint density at radius 2 is 1.87 bits per heavy atom. The van der Waals surface area contributed by atoms with Crippen molar-refractivity contribution in [1.29, 1.82) is 0 Å². The van der Waals surface area contributed by atoms with Crippen LogP contribution in [0.25, 0.3) is 0 Å². The fraction of sp³-hybridized carbons (Fsp3) is 0.667. The van der Waals surface area contributed by atoms with Gasteiger partial charge in [0, 0.05) is 0 Å². The van der Waals surface area contributed by atoms with Gasteiger partial charge in [-0.2, -0.15) is 8.78 Å². The topological polar surface area (TPSA) is 58.2 Å². The van der Waals surface area contributed by atoms with Crippen LogP contribution in [0.15, 0.2) is 0 Å². The van der Waals surface area contributed by atoms with E-state index < -0.39 is 36.7 Å². The molecular weight excluding hydrogens is 244 g/mol. The van der Waals surface area contributed by atoms with Gasteiger partial charge in [-0.05, 0) is 0 Å². The second-order valence-corrected chi connectivity index (χ2v) is 2.69. The van der Waals surface area contributed by atoms with E-state index in [0.29, 0.717) is 0 Å². The second-order valence-electron chi connectivity index (χ2n) is 2.43. The molecule has 88 valence electrons. The fourth-order valence-corrected chi connectivity index (χ4v) is 0.546. The zero-order valence-corrected chi connectivity index (χ0v) is 7.95. The third-order valence-corrected chi connectivity index (χ3v) is 1.42. The summed E-state index contributed by atoms with van der Waals surface area (Å²) in [4.78, 5) is 21.0. The Balaban J connectivity index is 3.96. The Labute approximate surface area is 87.0 Å². The van der Waals surface area contributed by atoms with Crippen molar-refractivity contribution in [1.82, 2.24) is 10.6 Å². The largest absolute Gasteiger partial charge is 0.332 e. The van der Waals surface area contributed by atoms with Crippen LogP contribution in [0.4, 0.5) is 22.4 Å². The van der Waals surface area contributed by atoms with E-state index in [-0.39, 0.29) is 0 Å². The highest BCUT2D eigenvalue weighted by Crippen LogP contribution is 2.21. The van der Waals surface area contributed by atoms with Crippen LogP contribution in [0.3, 0.4) is 0 Å². The molecular formula is C6H7ClF4N2O2. The van der Waals surface area contributed by atoms with Gasteiger partial charge in [-0.3, -0.25) is 10.1 Å². The van der Waals surface area contributed by atoms with E-state index in [1.54, 1.807) is 5.32 Å². The van der Waals surface area contributed by atoms with E-state index in [9.17, 15) is 27.2 Å². The SMILES string of the molecule is O=C(CCl)NC(=O)NCC(F)(F)C(F)F. The molecule has 0 aromatic heterocycles. The Morgan fingerprint density at radius 3 is 2.27 bits per heavy atom. The first-order valence-corrected chi connectivity index (χ1v) is 4.12. The van der Waals surface area contributed by atoms with Gasteiger partial charge in [0.2, 0.25) is 5.91 Å². The Hall–Kier alpha value is -1.05. The number of carbonyl (C=O) groups excluding carboxylic acids is 2. The third kappa shape index (κ3) is 5.40. The molecule has 3 amide bonds. The molecule has 0 aliphatic rings. The molecule has 2 N–H and O–H groups in total. The normalized spacial score (nSPS) is 11.3. The van der Waals surface area contributed by atoms with Crippen LogP contribution >= 0.6 is 11.6 Å². The van der Waals surface area contributed by atoms with Crippen molar-refractivity contribution >= 4 is 23.5 Å². The summed E-state index contributed by atoms with van der Waals surface area (Å²) in [6, 6.07) is -1.30. The lowest BCUT2D eigenvalue weighted by molar-refractivity contribution is -0.124. The summed E-state index contributed by atoms with van der Waals surface area (Å²) in [6.45, 7) is -1.56. The molecule has 0 rings (SSSR count). The monoisotopic (exact) mass is 250 g/mol. The first-order chi connectivity index (χ1) is 6.79. The molecule has 0 fully saturated rings. The second kappa shape index (κ2) is 5.74. The summed E-state index contributed by atoms with van der Waals surface area (Å²) in [6.07, 6.45) is -3.89. The van der Waals surface area contributed by atoms with Crippen molar-refractivity contribution < 1.29 is 27.2 Å². The molecule has 4 nitrogen and oxygen atoms in total. The minimum Gasteiger partial charge on any atom is -0.332 e. The van der Waals surface area contributed by atoms with Gasteiger partial charge in [0.15, 0.2) is 0 Å². The maximum absolute atomic E-state index is 12.2. The van der Waals surface area contributed by atoms with E-state index in [1.807, 2.05) is 0 Å². The molecule has 0 heterocycles. The quantitative estimate of drug-likeness (QED) is 0.577. The highest BCUT2D eigenvalue weighted by atomic mass is 35.5. The lowest BCUT2D eigenvalue weighted by Gasteiger charge is -2.15. The number of rotatable bonds is 4. The summed E-state index contributed by atoms with van der Waals surface area (Å²) < 4.78 is 47.6. The van der Waals surface area contributed by atoms with Gasteiger partial charge in [-0.15, -0.1) is 11.6 Å². The van der Waals surface area contributed by atoms with Crippen LogP contribution < -0.4 is 10.6 Å². The molecule has 0 radical (unpaired) electrons. The van der Waals surface area contributed by atoms with E-state index in [1.165, 1.54) is 5.32 Å². The Kier molecular flexibility index (Phi) is 5.34. The van der Waals surface area contributed by atoms with Crippen molar-refractivity contribution in [2.24, 2.45) is 0 Å².